The van der Waals surface area contributed by atoms with Gasteiger partial charge in [0.25, 0.3) is 10.1 Å². The highest BCUT2D eigenvalue weighted by atomic mass is 32.2. The van der Waals surface area contributed by atoms with Crippen molar-refractivity contribution in [1.29, 1.82) is 0 Å². The van der Waals surface area contributed by atoms with E-state index in [0.717, 1.165) is 44.6 Å². The Morgan fingerprint density at radius 1 is 0.422 bits per heavy atom. The normalized spacial score (nSPS) is 11.9. The highest BCUT2D eigenvalue weighted by molar-refractivity contribution is 7.86. The van der Waals surface area contributed by atoms with E-state index in [1.807, 2.05) is 0 Å². The Hall–Kier alpha value is -2.45. The molecule has 1 aromatic rings. The zero-order chi connectivity index (χ0) is 46.4. The van der Waals surface area contributed by atoms with E-state index in [-0.39, 0.29) is 18.8 Å². The Labute approximate surface area is 394 Å². The van der Waals surface area contributed by atoms with Gasteiger partial charge in [0.2, 0.25) is 0 Å². The third kappa shape index (κ3) is 35.8. The van der Waals surface area contributed by atoms with Gasteiger partial charge >= 0.3 is 11.9 Å². The van der Waals surface area contributed by atoms with Crippen molar-refractivity contribution in [2.75, 3.05) is 13.2 Å². The maximum atomic E-state index is 13.1. The molecule has 0 saturated heterocycles. The largest absolute Gasteiger partial charge is 0.462 e. The summed E-state index contributed by atoms with van der Waals surface area (Å²) in [6, 6.07) is 3.78. The van der Waals surface area contributed by atoms with Crippen molar-refractivity contribution < 1.29 is 32.0 Å². The molecule has 0 heterocycles. The quantitative estimate of drug-likeness (QED) is 0.0300. The lowest BCUT2D eigenvalue weighted by atomic mass is 10.0. The second-order valence-corrected chi connectivity index (χ2v) is 19.9. The van der Waals surface area contributed by atoms with Crippen LogP contribution in [0.2, 0.25) is 0 Å². The first-order valence-electron chi connectivity index (χ1n) is 27.1. The molecule has 64 heavy (non-hydrogen) atoms. The molecule has 0 aromatic heterocycles. The van der Waals surface area contributed by atoms with Crippen LogP contribution in [0.4, 0.5) is 0 Å². The molecule has 0 aliphatic heterocycles. The second-order valence-electron chi connectivity index (χ2n) is 18.5. The predicted octanol–water partition coefficient (Wildman–Crippen LogP) is 18.0. The van der Waals surface area contributed by atoms with Crippen LogP contribution in [0.25, 0.3) is 0 Å². The Balaban J connectivity index is 2.12. The van der Waals surface area contributed by atoms with E-state index in [0.29, 0.717) is 12.8 Å². The maximum absolute atomic E-state index is 13.1. The van der Waals surface area contributed by atoms with E-state index >= 15 is 0 Å². The average molecular weight is 915 g/mol. The molecule has 0 unspecified atom stereocenters. The van der Waals surface area contributed by atoms with Crippen LogP contribution in [0.15, 0.2) is 47.4 Å². The van der Waals surface area contributed by atoms with Crippen molar-refractivity contribution in [3.63, 3.8) is 0 Å². The zero-order valence-electron chi connectivity index (χ0n) is 41.5. The average Bonchev–Trinajstić information content (AvgIpc) is 3.28. The van der Waals surface area contributed by atoms with E-state index in [1.54, 1.807) is 0 Å². The number of ether oxygens (including phenoxy) is 2. The van der Waals surface area contributed by atoms with Crippen molar-refractivity contribution in [2.24, 2.45) is 0 Å². The number of carbonyl (C=O) groups is 2. The summed E-state index contributed by atoms with van der Waals surface area (Å²) in [5.74, 6) is -1.74. The highest BCUT2D eigenvalue weighted by Crippen LogP contribution is 2.23. The van der Waals surface area contributed by atoms with Crippen LogP contribution < -0.4 is 0 Å². The van der Waals surface area contributed by atoms with Gasteiger partial charge in [-0.05, 0) is 76.3 Å². The lowest BCUT2D eigenvalue weighted by Crippen LogP contribution is -2.19. The number of hydrogen-bond acceptors (Lipinski definition) is 6. The van der Waals surface area contributed by atoms with Gasteiger partial charge in [0.1, 0.15) is 4.90 Å². The molecular formula is C56H98O7S. The molecule has 0 fully saturated rings. The summed E-state index contributed by atoms with van der Waals surface area (Å²) in [7, 11) is -4.77. The minimum atomic E-state index is -4.77. The van der Waals surface area contributed by atoms with Crippen molar-refractivity contribution in [3.8, 4) is 0 Å². The second kappa shape index (κ2) is 44.4. The molecule has 0 spiro atoms. The van der Waals surface area contributed by atoms with Gasteiger partial charge in [0.15, 0.2) is 0 Å². The van der Waals surface area contributed by atoms with Crippen molar-refractivity contribution in [3.05, 3.63) is 53.6 Å². The van der Waals surface area contributed by atoms with E-state index in [9.17, 15) is 22.6 Å². The number of hydrogen-bond donors (Lipinski definition) is 1. The third-order valence-electron chi connectivity index (χ3n) is 12.5. The fourth-order valence-electron chi connectivity index (χ4n) is 8.43. The molecule has 0 saturated carbocycles. The van der Waals surface area contributed by atoms with Gasteiger partial charge in [-0.3, -0.25) is 4.55 Å². The lowest BCUT2D eigenvalue weighted by Gasteiger charge is -2.13. The molecule has 0 aliphatic rings. The molecule has 0 amide bonds. The van der Waals surface area contributed by atoms with Gasteiger partial charge in [-0.25, -0.2) is 9.59 Å². The van der Waals surface area contributed by atoms with Crippen LogP contribution >= 0.6 is 0 Å². The fourth-order valence-corrected chi connectivity index (χ4v) is 9.13. The predicted molar refractivity (Wildman–Crippen MR) is 271 cm³/mol. The van der Waals surface area contributed by atoms with Gasteiger partial charge in [-0.2, -0.15) is 8.42 Å². The first-order chi connectivity index (χ1) is 31.3. The Morgan fingerprint density at radius 2 is 0.703 bits per heavy atom. The van der Waals surface area contributed by atoms with Crippen LogP contribution in [0.5, 0.6) is 0 Å². The molecular weight excluding hydrogens is 817 g/mol. The van der Waals surface area contributed by atoms with Crippen LogP contribution in [-0.4, -0.2) is 38.1 Å². The van der Waals surface area contributed by atoms with Crippen molar-refractivity contribution >= 4 is 22.1 Å². The van der Waals surface area contributed by atoms with Crippen LogP contribution in [0.1, 0.15) is 291 Å². The van der Waals surface area contributed by atoms with E-state index in [4.69, 9.17) is 9.47 Å². The molecule has 7 nitrogen and oxygen atoms in total. The van der Waals surface area contributed by atoms with E-state index in [1.165, 1.54) is 218 Å². The molecule has 0 atom stereocenters. The Morgan fingerprint density at radius 3 is 1.02 bits per heavy atom. The molecule has 0 aliphatic carbocycles. The topological polar surface area (TPSA) is 107 Å². The Kier molecular flexibility index (Phi) is 41.3. The number of allylic oxidation sites excluding steroid dienone is 4. The third-order valence-corrected chi connectivity index (χ3v) is 13.4. The monoisotopic (exact) mass is 915 g/mol. The van der Waals surface area contributed by atoms with Crippen LogP contribution in [-0.2, 0) is 19.6 Å². The summed E-state index contributed by atoms with van der Waals surface area (Å²) in [5.41, 5.74) is -0.669. The Bertz CT molecular complexity index is 1400. The van der Waals surface area contributed by atoms with E-state index in [2.05, 4.69) is 38.2 Å². The fraction of sp³-hybridized carbons (Fsp3) is 0.786. The van der Waals surface area contributed by atoms with Gasteiger partial charge in [-0.1, -0.05) is 237 Å². The first kappa shape index (κ1) is 59.6. The molecule has 0 radical (unpaired) electrons. The lowest BCUT2D eigenvalue weighted by molar-refractivity contribution is 0.0446. The molecule has 1 aromatic carbocycles. The van der Waals surface area contributed by atoms with Gasteiger partial charge in [0, 0.05) is 0 Å². The molecule has 1 rings (SSSR count). The number of benzene rings is 1. The van der Waals surface area contributed by atoms with Gasteiger partial charge < -0.3 is 9.47 Å². The highest BCUT2D eigenvalue weighted by Gasteiger charge is 2.28. The van der Waals surface area contributed by atoms with Crippen LogP contribution in [0, 0.1) is 0 Å². The number of rotatable bonds is 47. The SMILES string of the molecule is CCCCCCCCC/C=C/CCCCCCCCCCCCCOC(=O)c1cccc(S(=O)(=O)O)c1C(=O)OCCCCCCCCCCCCC/C=C/CCCCCCCCC. The maximum Gasteiger partial charge on any atom is 0.340 e. The van der Waals surface area contributed by atoms with Gasteiger partial charge in [0.05, 0.1) is 24.3 Å². The van der Waals surface area contributed by atoms with Gasteiger partial charge in [-0.15, -0.1) is 0 Å². The summed E-state index contributed by atoms with van der Waals surface area (Å²) in [6.07, 6.45) is 59.2. The summed E-state index contributed by atoms with van der Waals surface area (Å²) < 4.78 is 45.1. The molecule has 370 valence electrons. The molecule has 0 bridgehead atoms. The first-order valence-corrected chi connectivity index (χ1v) is 28.5. The van der Waals surface area contributed by atoms with Crippen molar-refractivity contribution in [2.45, 2.75) is 276 Å². The number of unbranched alkanes of at least 4 members (excludes halogenated alkanes) is 36. The summed E-state index contributed by atoms with van der Waals surface area (Å²) in [5, 5.41) is 0. The summed E-state index contributed by atoms with van der Waals surface area (Å²) in [6.45, 7) is 4.83. The molecule has 8 heteroatoms. The number of carbonyl (C=O) groups excluding carboxylic acids is 2. The minimum Gasteiger partial charge on any atom is -0.462 e. The summed E-state index contributed by atoms with van der Waals surface area (Å²) >= 11 is 0. The van der Waals surface area contributed by atoms with Crippen molar-refractivity contribution in [1.82, 2.24) is 0 Å². The van der Waals surface area contributed by atoms with E-state index < -0.39 is 32.5 Å². The number of esters is 2. The smallest absolute Gasteiger partial charge is 0.340 e. The van der Waals surface area contributed by atoms with Crippen LogP contribution in [0.3, 0.4) is 0 Å². The minimum absolute atomic E-state index is 0.110. The summed E-state index contributed by atoms with van der Waals surface area (Å²) in [4.78, 5) is 25.5. The molecule has 1 N–H and O–H groups in total. The standard InChI is InChI=1S/C56H98O7S/c1-3-5-7-9-11-13-15-17-19-21-23-25-27-29-31-33-35-37-39-41-43-45-50-62-55(57)52-48-47-49-53(64(59,60)61)54(52)56(58)63-51-46-44-42-40-38-36-34-32-30-28-26-24-22-20-18-16-14-12-10-8-6-4-2/h19-22,47-49H,3-18,23-46,50-51H2,1-2H3,(H,59,60,61)/b21-19+,22-20+. The zero-order valence-corrected chi connectivity index (χ0v) is 42.4.